The van der Waals surface area contributed by atoms with Gasteiger partial charge >= 0.3 is 0 Å². The topological polar surface area (TPSA) is 71.3 Å². The Bertz CT molecular complexity index is 821. The van der Waals surface area contributed by atoms with Crippen LogP contribution in [-0.2, 0) is 17.8 Å². The van der Waals surface area contributed by atoms with E-state index in [-0.39, 0.29) is 17.7 Å². The van der Waals surface area contributed by atoms with Crippen molar-refractivity contribution in [3.8, 4) is 0 Å². The summed E-state index contributed by atoms with van der Waals surface area (Å²) in [6.45, 7) is 3.76. The van der Waals surface area contributed by atoms with Crippen molar-refractivity contribution >= 4 is 11.8 Å². The van der Waals surface area contributed by atoms with Crippen LogP contribution in [0.2, 0.25) is 0 Å². The van der Waals surface area contributed by atoms with Crippen LogP contribution < -0.4 is 0 Å². The van der Waals surface area contributed by atoms with E-state index >= 15 is 0 Å². The lowest BCUT2D eigenvalue weighted by Gasteiger charge is -2.32. The molecule has 1 aromatic heterocycles. The number of piperidine rings is 1. The molecule has 7 heteroatoms. The van der Waals surface area contributed by atoms with E-state index in [4.69, 9.17) is 0 Å². The van der Waals surface area contributed by atoms with Crippen LogP contribution in [0.5, 0.6) is 0 Å². The summed E-state index contributed by atoms with van der Waals surface area (Å²) in [5.41, 5.74) is 1.70. The van der Waals surface area contributed by atoms with Crippen molar-refractivity contribution in [2.24, 2.45) is 5.92 Å². The number of hydrogen-bond donors (Lipinski definition) is 0. The fraction of sp³-hybridized carbons (Fsp3) is 0.545. The fourth-order valence-electron chi connectivity index (χ4n) is 4.28. The minimum Gasteiger partial charge on any atom is -0.342 e. The van der Waals surface area contributed by atoms with Gasteiger partial charge in [0.05, 0.1) is 6.20 Å². The van der Waals surface area contributed by atoms with Crippen molar-refractivity contribution in [3.63, 3.8) is 0 Å². The molecule has 2 amide bonds. The maximum Gasteiger partial charge on any atom is 0.276 e. The van der Waals surface area contributed by atoms with Crippen molar-refractivity contribution in [3.05, 3.63) is 47.8 Å². The smallest absolute Gasteiger partial charge is 0.276 e. The van der Waals surface area contributed by atoms with Gasteiger partial charge in [-0.25, -0.2) is 0 Å². The predicted octanol–water partition coefficient (Wildman–Crippen LogP) is 2.39. The number of aryl methyl sites for hydroxylation is 2. The number of hydrogen-bond acceptors (Lipinski definition) is 4. The van der Waals surface area contributed by atoms with Crippen molar-refractivity contribution in [1.82, 2.24) is 24.8 Å². The van der Waals surface area contributed by atoms with Crippen molar-refractivity contribution in [2.75, 3.05) is 26.2 Å². The second kappa shape index (κ2) is 9.20. The molecule has 0 N–H and O–H groups in total. The van der Waals surface area contributed by atoms with Gasteiger partial charge in [0.25, 0.3) is 5.91 Å². The monoisotopic (exact) mass is 395 g/mol. The van der Waals surface area contributed by atoms with E-state index in [1.54, 1.807) is 10.9 Å². The number of aromatic nitrogens is 3. The summed E-state index contributed by atoms with van der Waals surface area (Å²) >= 11 is 0. The van der Waals surface area contributed by atoms with Crippen LogP contribution in [0.15, 0.2) is 36.5 Å². The molecule has 0 atom stereocenters. The van der Waals surface area contributed by atoms with E-state index in [1.807, 2.05) is 28.0 Å². The minimum atomic E-state index is -0.0774. The highest BCUT2D eigenvalue weighted by atomic mass is 16.2. The van der Waals surface area contributed by atoms with E-state index in [0.29, 0.717) is 18.8 Å². The molecule has 1 aromatic carbocycles. The number of rotatable bonds is 6. The van der Waals surface area contributed by atoms with Crippen molar-refractivity contribution in [1.29, 1.82) is 0 Å². The maximum atomic E-state index is 12.8. The Kier molecular flexibility index (Phi) is 6.22. The fourth-order valence-corrected chi connectivity index (χ4v) is 4.28. The third kappa shape index (κ3) is 4.83. The van der Waals surface area contributed by atoms with Gasteiger partial charge in [0.15, 0.2) is 5.69 Å². The summed E-state index contributed by atoms with van der Waals surface area (Å²) in [5, 5.41) is 8.20. The second-order valence-corrected chi connectivity index (χ2v) is 8.05. The number of benzene rings is 1. The van der Waals surface area contributed by atoms with Gasteiger partial charge in [-0.1, -0.05) is 35.5 Å². The molecule has 2 saturated heterocycles. The minimum absolute atomic E-state index is 0.0609. The number of amides is 2. The van der Waals surface area contributed by atoms with E-state index in [0.717, 1.165) is 58.2 Å². The molecule has 2 aliphatic heterocycles. The summed E-state index contributed by atoms with van der Waals surface area (Å²) in [7, 11) is 0. The van der Waals surface area contributed by atoms with E-state index < -0.39 is 0 Å². The zero-order valence-corrected chi connectivity index (χ0v) is 16.9. The van der Waals surface area contributed by atoms with Gasteiger partial charge in [-0.2, -0.15) is 0 Å². The predicted molar refractivity (Wildman–Crippen MR) is 109 cm³/mol. The highest BCUT2D eigenvalue weighted by Crippen LogP contribution is 2.23. The van der Waals surface area contributed by atoms with Gasteiger partial charge in [0, 0.05) is 38.6 Å². The molecule has 0 unspecified atom stereocenters. The Hall–Kier alpha value is -2.70. The average Bonchev–Trinajstić information content (AvgIpc) is 3.46. The van der Waals surface area contributed by atoms with Gasteiger partial charge in [-0.15, -0.1) is 5.10 Å². The molecule has 2 aliphatic rings. The summed E-state index contributed by atoms with van der Waals surface area (Å²) in [6, 6.07) is 10.3. The molecule has 2 aromatic rings. The number of likely N-dealkylation sites (tertiary alicyclic amines) is 2. The highest BCUT2D eigenvalue weighted by molar-refractivity contribution is 5.92. The van der Waals surface area contributed by atoms with Crippen LogP contribution in [0.4, 0.5) is 0 Å². The number of carbonyl (C=O) groups is 2. The van der Waals surface area contributed by atoms with Crippen LogP contribution in [0, 0.1) is 5.92 Å². The SMILES string of the molecule is O=C(c1cn(CCCc2ccccc2)nn1)N1CCC(C(=O)N2CCCC2)CC1. The standard InChI is InChI=1S/C22H29N5O2/c28-21(25-12-4-5-13-25)19-10-15-26(16-11-19)22(29)20-17-27(24-23-20)14-6-9-18-7-2-1-3-8-18/h1-3,7-8,17,19H,4-6,9-16H2. The molecular formula is C22H29N5O2. The number of carbonyl (C=O) groups excluding carboxylic acids is 2. The van der Waals surface area contributed by atoms with Gasteiger partial charge in [-0.3, -0.25) is 14.3 Å². The third-order valence-electron chi connectivity index (χ3n) is 6.00. The molecule has 154 valence electrons. The first-order valence-electron chi connectivity index (χ1n) is 10.7. The van der Waals surface area contributed by atoms with Gasteiger partial charge in [0.2, 0.25) is 5.91 Å². The summed E-state index contributed by atoms with van der Waals surface area (Å²) in [5.74, 6) is 0.260. The van der Waals surface area contributed by atoms with Gasteiger partial charge in [-0.05, 0) is 44.1 Å². The first kappa shape index (κ1) is 19.6. The zero-order valence-electron chi connectivity index (χ0n) is 16.9. The van der Waals surface area contributed by atoms with Crippen LogP contribution in [0.25, 0.3) is 0 Å². The van der Waals surface area contributed by atoms with Crippen molar-refractivity contribution < 1.29 is 9.59 Å². The Morgan fingerprint density at radius 2 is 1.69 bits per heavy atom. The molecule has 0 saturated carbocycles. The lowest BCUT2D eigenvalue weighted by atomic mass is 9.95. The van der Waals surface area contributed by atoms with E-state index in [2.05, 4.69) is 22.4 Å². The van der Waals surface area contributed by atoms with Gasteiger partial charge < -0.3 is 9.80 Å². The average molecular weight is 396 g/mol. The third-order valence-corrected chi connectivity index (χ3v) is 6.00. The Morgan fingerprint density at radius 3 is 2.41 bits per heavy atom. The lowest BCUT2D eigenvalue weighted by Crippen LogP contribution is -2.43. The summed E-state index contributed by atoms with van der Waals surface area (Å²) < 4.78 is 1.75. The quantitative estimate of drug-likeness (QED) is 0.753. The van der Waals surface area contributed by atoms with Crippen LogP contribution >= 0.6 is 0 Å². The summed E-state index contributed by atoms with van der Waals surface area (Å²) in [4.78, 5) is 29.1. The molecule has 0 radical (unpaired) electrons. The normalized spacial score (nSPS) is 17.7. The first-order valence-corrected chi connectivity index (χ1v) is 10.7. The van der Waals surface area contributed by atoms with Crippen molar-refractivity contribution in [2.45, 2.75) is 45.1 Å². The van der Waals surface area contributed by atoms with Crippen LogP contribution in [0.3, 0.4) is 0 Å². The lowest BCUT2D eigenvalue weighted by molar-refractivity contribution is -0.135. The molecule has 0 spiro atoms. The number of nitrogens with zero attached hydrogens (tertiary/aromatic N) is 5. The molecule has 3 heterocycles. The first-order chi connectivity index (χ1) is 14.2. The zero-order chi connectivity index (χ0) is 20.1. The molecule has 0 bridgehead atoms. The second-order valence-electron chi connectivity index (χ2n) is 8.05. The molecular weight excluding hydrogens is 366 g/mol. The molecule has 4 rings (SSSR count). The Labute approximate surface area is 171 Å². The maximum absolute atomic E-state index is 12.8. The van der Waals surface area contributed by atoms with Crippen LogP contribution in [0.1, 0.15) is 48.2 Å². The van der Waals surface area contributed by atoms with E-state index in [9.17, 15) is 9.59 Å². The highest BCUT2D eigenvalue weighted by Gasteiger charge is 2.32. The van der Waals surface area contributed by atoms with Crippen LogP contribution in [-0.4, -0.2) is 62.8 Å². The summed E-state index contributed by atoms with van der Waals surface area (Å²) in [6.07, 6.45) is 7.38. The largest absolute Gasteiger partial charge is 0.342 e. The molecule has 2 fully saturated rings. The van der Waals surface area contributed by atoms with E-state index in [1.165, 1.54) is 5.56 Å². The Morgan fingerprint density at radius 1 is 0.966 bits per heavy atom. The molecule has 7 nitrogen and oxygen atoms in total. The molecule has 0 aliphatic carbocycles. The molecule has 29 heavy (non-hydrogen) atoms. The van der Waals surface area contributed by atoms with Gasteiger partial charge in [0.1, 0.15) is 0 Å². The Balaban J connectivity index is 1.24.